The van der Waals surface area contributed by atoms with Crippen LogP contribution >= 0.6 is 0 Å². The summed E-state index contributed by atoms with van der Waals surface area (Å²) < 4.78 is 12.0. The van der Waals surface area contributed by atoms with E-state index in [0.29, 0.717) is 0 Å². The van der Waals surface area contributed by atoms with Crippen LogP contribution in [0.5, 0.6) is 5.75 Å². The summed E-state index contributed by atoms with van der Waals surface area (Å²) in [5.74, 6) is 0.768. The van der Waals surface area contributed by atoms with Crippen LogP contribution in [0.1, 0.15) is 44.7 Å². The van der Waals surface area contributed by atoms with Gasteiger partial charge in [-0.05, 0) is 62.2 Å². The molecule has 5 rings (SSSR count). The minimum atomic E-state index is -1.06. The molecule has 0 radical (unpaired) electrons. The van der Waals surface area contributed by atoms with Crippen molar-refractivity contribution in [3.8, 4) is 5.75 Å². The fourth-order valence-electron chi connectivity index (χ4n) is 4.87. The van der Waals surface area contributed by atoms with Crippen molar-refractivity contribution < 1.29 is 9.47 Å². The van der Waals surface area contributed by atoms with Crippen molar-refractivity contribution in [2.24, 2.45) is 20.5 Å². The third kappa shape index (κ3) is 3.30. The van der Waals surface area contributed by atoms with Gasteiger partial charge in [0.15, 0.2) is 5.72 Å². The zero-order chi connectivity index (χ0) is 22.6. The summed E-state index contributed by atoms with van der Waals surface area (Å²) in [5, 5.41) is 21.0. The molecule has 3 aromatic rings. The summed E-state index contributed by atoms with van der Waals surface area (Å²) in [6.07, 6.45) is 0. The van der Waals surface area contributed by atoms with Gasteiger partial charge >= 0.3 is 0 Å². The molecule has 0 N–H and O–H groups in total. The Morgan fingerprint density at radius 3 is 2.19 bits per heavy atom. The molecular weight excluding hydrogens is 400 g/mol. The molecule has 0 fully saturated rings. The van der Waals surface area contributed by atoms with E-state index < -0.39 is 17.0 Å². The van der Waals surface area contributed by atoms with Crippen LogP contribution in [0.4, 0.5) is 0 Å². The van der Waals surface area contributed by atoms with Crippen molar-refractivity contribution in [3.63, 3.8) is 0 Å². The highest BCUT2D eigenvalue weighted by Crippen LogP contribution is 2.53. The van der Waals surface area contributed by atoms with Crippen LogP contribution in [0.3, 0.4) is 0 Å². The van der Waals surface area contributed by atoms with Crippen molar-refractivity contribution in [1.29, 1.82) is 0 Å². The maximum absolute atomic E-state index is 6.63. The molecule has 0 amide bonds. The third-order valence-electron chi connectivity index (χ3n) is 6.40. The average Bonchev–Trinajstić information content (AvgIpc) is 3.29. The van der Waals surface area contributed by atoms with Crippen molar-refractivity contribution >= 4 is 10.8 Å². The highest BCUT2D eigenvalue weighted by atomic mass is 16.6. The van der Waals surface area contributed by atoms with Gasteiger partial charge < -0.3 is 9.47 Å². The molecule has 32 heavy (non-hydrogen) atoms. The van der Waals surface area contributed by atoms with Crippen molar-refractivity contribution in [2.45, 2.75) is 56.6 Å². The number of benzene rings is 3. The molecule has 6 nitrogen and oxygen atoms in total. The topological polar surface area (TPSA) is 67.9 Å². The van der Waals surface area contributed by atoms with Crippen LogP contribution in [-0.4, -0.2) is 24.4 Å². The Bertz CT molecular complexity index is 1220. The first-order chi connectivity index (χ1) is 15.2. The maximum atomic E-state index is 6.63. The number of ether oxygens (including phenoxy) is 2. The van der Waals surface area contributed by atoms with Gasteiger partial charge in [0.25, 0.3) is 0 Å². The molecule has 0 spiro atoms. The average molecular weight is 429 g/mol. The van der Waals surface area contributed by atoms with Gasteiger partial charge in [0, 0.05) is 11.5 Å². The molecule has 2 aliphatic heterocycles. The van der Waals surface area contributed by atoms with E-state index in [1.165, 1.54) is 5.39 Å². The van der Waals surface area contributed by atoms with Crippen LogP contribution in [0.2, 0.25) is 0 Å². The first-order valence-corrected chi connectivity index (χ1v) is 10.9. The monoisotopic (exact) mass is 428 g/mol. The standard InChI is InChI=1S/C26H28N4O2/c1-24(2)22(18-11-14-21(31-5)15-12-18)23(27-28-24)26(30-29-25(3,4)32-26)20-13-10-17-8-6-7-9-19(17)16-20/h6-16,22-23H,1-5H3/t22-,23+,26-/m1/s1. The number of methoxy groups -OCH3 is 1. The van der Waals surface area contributed by atoms with Crippen molar-refractivity contribution in [2.75, 3.05) is 7.11 Å². The second-order valence-electron chi connectivity index (χ2n) is 9.57. The lowest BCUT2D eigenvalue weighted by molar-refractivity contribution is -0.118. The zero-order valence-electron chi connectivity index (χ0n) is 19.1. The first kappa shape index (κ1) is 20.8. The lowest BCUT2D eigenvalue weighted by atomic mass is 9.74. The summed E-state index contributed by atoms with van der Waals surface area (Å²) in [5.41, 5.74) is -0.178. The normalized spacial score (nSPS) is 27.8. The van der Waals surface area contributed by atoms with E-state index in [0.717, 1.165) is 22.3 Å². The van der Waals surface area contributed by atoms with Gasteiger partial charge in [0.2, 0.25) is 5.72 Å². The minimum absolute atomic E-state index is 0.0484. The summed E-state index contributed by atoms with van der Waals surface area (Å²) in [4.78, 5) is 0. The molecule has 164 valence electrons. The molecule has 2 heterocycles. The van der Waals surface area contributed by atoms with Crippen molar-refractivity contribution in [3.05, 3.63) is 77.9 Å². The summed E-state index contributed by atoms with van der Waals surface area (Å²) in [7, 11) is 1.67. The molecule has 3 atom stereocenters. The van der Waals surface area contributed by atoms with Crippen LogP contribution in [0, 0.1) is 0 Å². The minimum Gasteiger partial charge on any atom is -0.497 e. The number of hydrogen-bond acceptors (Lipinski definition) is 6. The molecule has 3 aromatic carbocycles. The fraction of sp³-hybridized carbons (Fsp3) is 0.385. The fourth-order valence-corrected chi connectivity index (χ4v) is 4.87. The lowest BCUT2D eigenvalue weighted by Gasteiger charge is -2.37. The highest BCUT2D eigenvalue weighted by molar-refractivity contribution is 5.83. The van der Waals surface area contributed by atoms with Gasteiger partial charge in [-0.2, -0.15) is 15.3 Å². The Kier molecular flexibility index (Phi) is 4.67. The van der Waals surface area contributed by atoms with E-state index in [1.54, 1.807) is 7.11 Å². The summed E-state index contributed by atoms with van der Waals surface area (Å²) >= 11 is 0. The Balaban J connectivity index is 1.66. The number of azo groups is 2. The van der Waals surface area contributed by atoms with Crippen molar-refractivity contribution in [1.82, 2.24) is 0 Å². The predicted molar refractivity (Wildman–Crippen MR) is 124 cm³/mol. The largest absolute Gasteiger partial charge is 0.497 e. The van der Waals surface area contributed by atoms with Gasteiger partial charge in [0.1, 0.15) is 11.8 Å². The Labute approximate surface area is 188 Å². The molecule has 2 aliphatic rings. The number of fused-ring (bicyclic) bond motifs is 1. The van der Waals surface area contributed by atoms with Gasteiger partial charge in [-0.1, -0.05) is 48.5 Å². The molecule has 0 saturated heterocycles. The second kappa shape index (κ2) is 7.20. The molecule has 0 bridgehead atoms. The van der Waals surface area contributed by atoms with E-state index in [1.807, 2.05) is 38.1 Å². The molecule has 0 unspecified atom stereocenters. The highest BCUT2D eigenvalue weighted by Gasteiger charge is 2.59. The SMILES string of the molecule is COc1ccc([C@@H]2[C@@H]([C@]3(c4ccc5ccccc5c4)N=NC(C)(C)O3)N=NC2(C)C)cc1. The van der Waals surface area contributed by atoms with Gasteiger partial charge in [0.05, 0.1) is 12.6 Å². The van der Waals surface area contributed by atoms with Gasteiger partial charge in [-0.3, -0.25) is 0 Å². The number of hydrogen-bond donors (Lipinski definition) is 0. The molecule has 0 aliphatic carbocycles. The number of rotatable bonds is 4. The predicted octanol–water partition coefficient (Wildman–Crippen LogP) is 6.62. The molecular formula is C26H28N4O2. The third-order valence-corrected chi connectivity index (χ3v) is 6.40. The molecule has 0 aromatic heterocycles. The Morgan fingerprint density at radius 1 is 0.812 bits per heavy atom. The van der Waals surface area contributed by atoms with Gasteiger partial charge in [-0.15, -0.1) is 5.11 Å². The first-order valence-electron chi connectivity index (χ1n) is 10.9. The smallest absolute Gasteiger partial charge is 0.232 e. The summed E-state index contributed by atoms with van der Waals surface area (Å²) in [6.45, 7) is 8.07. The Morgan fingerprint density at radius 2 is 1.53 bits per heavy atom. The van der Waals surface area contributed by atoms with E-state index in [4.69, 9.17) is 19.7 Å². The molecule has 6 heteroatoms. The van der Waals surface area contributed by atoms with Gasteiger partial charge in [-0.25, -0.2) is 0 Å². The second-order valence-corrected chi connectivity index (χ2v) is 9.57. The Hall–Kier alpha value is -3.12. The van der Waals surface area contributed by atoms with E-state index in [-0.39, 0.29) is 12.0 Å². The van der Waals surface area contributed by atoms with Crippen LogP contribution in [0.25, 0.3) is 10.8 Å². The number of nitrogens with zero attached hydrogens (tertiary/aromatic N) is 4. The van der Waals surface area contributed by atoms with Crippen LogP contribution < -0.4 is 4.74 Å². The maximum Gasteiger partial charge on any atom is 0.232 e. The zero-order valence-corrected chi connectivity index (χ0v) is 19.1. The van der Waals surface area contributed by atoms with E-state index >= 15 is 0 Å². The van der Waals surface area contributed by atoms with Crippen LogP contribution in [-0.2, 0) is 10.5 Å². The van der Waals surface area contributed by atoms with E-state index in [2.05, 4.69) is 66.5 Å². The van der Waals surface area contributed by atoms with Crippen LogP contribution in [0.15, 0.2) is 87.2 Å². The molecule has 0 saturated carbocycles. The summed E-state index contributed by atoms with van der Waals surface area (Å²) in [6, 6.07) is 22.4. The lowest BCUT2D eigenvalue weighted by Crippen LogP contribution is -2.45. The quantitative estimate of drug-likeness (QED) is 0.469. The van der Waals surface area contributed by atoms with E-state index in [9.17, 15) is 0 Å².